The lowest BCUT2D eigenvalue weighted by molar-refractivity contribution is -0.134. The molecule has 6 heteroatoms. The van der Waals surface area contributed by atoms with E-state index < -0.39 is 0 Å². The number of hydrogen-bond acceptors (Lipinski definition) is 4. The summed E-state index contributed by atoms with van der Waals surface area (Å²) < 4.78 is 19.0. The van der Waals surface area contributed by atoms with E-state index in [0.29, 0.717) is 18.6 Å². The number of benzene rings is 1. The summed E-state index contributed by atoms with van der Waals surface area (Å²) in [5.74, 6) is 1.45. The molecule has 0 N–H and O–H groups in total. The Morgan fingerprint density at radius 1 is 1.22 bits per heavy atom. The van der Waals surface area contributed by atoms with Crippen LogP contribution in [-0.2, 0) is 17.9 Å². The molecule has 0 radical (unpaired) electrons. The molecule has 2 aromatic heterocycles. The summed E-state index contributed by atoms with van der Waals surface area (Å²) in [5.41, 5.74) is 1.54. The van der Waals surface area contributed by atoms with Crippen molar-refractivity contribution >= 4 is 22.6 Å². The molecule has 140 valence electrons. The largest absolute Gasteiger partial charge is 0.467 e. The predicted octanol–water partition coefficient (Wildman–Crippen LogP) is 3.97. The van der Waals surface area contributed by atoms with E-state index in [2.05, 4.69) is 4.98 Å². The first kappa shape index (κ1) is 17.5. The summed E-state index contributed by atoms with van der Waals surface area (Å²) >= 11 is 0. The van der Waals surface area contributed by atoms with Crippen LogP contribution in [0.5, 0.6) is 0 Å². The summed E-state index contributed by atoms with van der Waals surface area (Å²) in [5, 5.41) is 0.855. The van der Waals surface area contributed by atoms with E-state index >= 15 is 0 Å². The zero-order valence-electron chi connectivity index (χ0n) is 15.5. The Morgan fingerprint density at radius 3 is 2.70 bits per heavy atom. The van der Waals surface area contributed by atoms with Crippen molar-refractivity contribution in [1.29, 1.82) is 0 Å². The summed E-state index contributed by atoms with van der Waals surface area (Å²) in [6.45, 7) is 0.862. The lowest BCUT2D eigenvalue weighted by Gasteiger charge is -2.25. The number of rotatable bonds is 6. The zero-order valence-corrected chi connectivity index (χ0v) is 15.5. The van der Waals surface area contributed by atoms with Crippen molar-refractivity contribution in [2.75, 3.05) is 19.0 Å². The third-order valence-electron chi connectivity index (χ3n) is 4.79. The van der Waals surface area contributed by atoms with Crippen LogP contribution in [0.4, 0.5) is 10.2 Å². The smallest absolute Gasteiger partial charge is 0.226 e. The molecule has 1 aliphatic carbocycles. The molecule has 1 amide bonds. The molecule has 2 heterocycles. The van der Waals surface area contributed by atoms with Crippen LogP contribution >= 0.6 is 0 Å². The van der Waals surface area contributed by atoms with Gasteiger partial charge >= 0.3 is 0 Å². The van der Waals surface area contributed by atoms with Crippen LogP contribution in [0, 0.1) is 11.7 Å². The fourth-order valence-corrected chi connectivity index (χ4v) is 3.27. The highest BCUT2D eigenvalue weighted by Gasteiger charge is 2.34. The molecule has 1 fully saturated rings. The minimum Gasteiger partial charge on any atom is -0.467 e. The quantitative estimate of drug-likeness (QED) is 0.661. The molecule has 3 aromatic rings. The van der Waals surface area contributed by atoms with Crippen LogP contribution < -0.4 is 4.90 Å². The van der Waals surface area contributed by atoms with Crippen LogP contribution in [0.15, 0.2) is 47.1 Å². The van der Waals surface area contributed by atoms with Crippen molar-refractivity contribution < 1.29 is 13.6 Å². The maximum absolute atomic E-state index is 13.6. The van der Waals surface area contributed by atoms with E-state index in [4.69, 9.17) is 4.42 Å². The SMILES string of the molecule is CN(C)c1nc2cc(F)ccc2cc1CN(Cc1ccco1)C(=O)C1CC1. The van der Waals surface area contributed by atoms with Gasteiger partial charge in [0.25, 0.3) is 0 Å². The Labute approximate surface area is 157 Å². The van der Waals surface area contributed by atoms with Crippen molar-refractivity contribution in [3.8, 4) is 0 Å². The zero-order chi connectivity index (χ0) is 19.0. The number of nitrogens with zero attached hydrogens (tertiary/aromatic N) is 3. The second-order valence-corrected chi connectivity index (χ2v) is 7.25. The van der Waals surface area contributed by atoms with E-state index in [1.165, 1.54) is 12.1 Å². The van der Waals surface area contributed by atoms with Crippen molar-refractivity contribution in [3.05, 3.63) is 59.8 Å². The second kappa shape index (κ2) is 7.02. The number of aromatic nitrogens is 1. The Balaban J connectivity index is 1.70. The van der Waals surface area contributed by atoms with Gasteiger partial charge in [0, 0.05) is 43.6 Å². The van der Waals surface area contributed by atoms with Gasteiger partial charge in [-0.3, -0.25) is 4.79 Å². The van der Waals surface area contributed by atoms with Gasteiger partial charge < -0.3 is 14.2 Å². The summed E-state index contributed by atoms with van der Waals surface area (Å²) in [6, 6.07) is 10.3. The minimum atomic E-state index is -0.309. The molecule has 1 aliphatic rings. The molecule has 0 atom stereocenters. The first-order chi connectivity index (χ1) is 13.0. The fraction of sp³-hybridized carbons (Fsp3) is 0.333. The van der Waals surface area contributed by atoms with Crippen molar-refractivity contribution in [3.63, 3.8) is 0 Å². The topological polar surface area (TPSA) is 49.6 Å². The monoisotopic (exact) mass is 367 g/mol. The normalized spacial score (nSPS) is 13.7. The minimum absolute atomic E-state index is 0.116. The number of fused-ring (bicyclic) bond motifs is 1. The van der Waals surface area contributed by atoms with Crippen molar-refractivity contribution in [2.24, 2.45) is 5.92 Å². The average molecular weight is 367 g/mol. The van der Waals surface area contributed by atoms with Gasteiger partial charge in [0.05, 0.1) is 18.3 Å². The van der Waals surface area contributed by atoms with E-state index in [9.17, 15) is 9.18 Å². The molecule has 27 heavy (non-hydrogen) atoms. The molecule has 0 saturated heterocycles. The lowest BCUT2D eigenvalue weighted by atomic mass is 10.1. The number of pyridine rings is 1. The summed E-state index contributed by atoms with van der Waals surface area (Å²) in [7, 11) is 3.80. The lowest BCUT2D eigenvalue weighted by Crippen LogP contribution is -2.32. The fourth-order valence-electron chi connectivity index (χ4n) is 3.27. The number of anilines is 1. The standard InChI is InChI=1S/C21H22FN3O2/c1-24(2)20-16(10-15-7-8-17(22)11-19(15)23-20)12-25(21(26)14-5-6-14)13-18-4-3-9-27-18/h3-4,7-11,14H,5-6,12-13H2,1-2H3. The maximum Gasteiger partial charge on any atom is 0.226 e. The maximum atomic E-state index is 13.6. The second-order valence-electron chi connectivity index (χ2n) is 7.25. The Morgan fingerprint density at radius 2 is 2.04 bits per heavy atom. The van der Waals surface area contributed by atoms with E-state index in [0.717, 1.165) is 35.4 Å². The molecule has 0 aliphatic heterocycles. The number of carbonyl (C=O) groups is 1. The molecular weight excluding hydrogens is 345 g/mol. The van der Waals surface area contributed by atoms with Crippen LogP contribution in [0.1, 0.15) is 24.2 Å². The van der Waals surface area contributed by atoms with Gasteiger partial charge in [0.15, 0.2) is 0 Å². The highest BCUT2D eigenvalue weighted by molar-refractivity contribution is 5.83. The van der Waals surface area contributed by atoms with E-state index in [1.54, 1.807) is 12.3 Å². The Hall–Kier alpha value is -2.89. The number of furan rings is 1. The first-order valence-electron chi connectivity index (χ1n) is 9.09. The Kier molecular flexibility index (Phi) is 4.56. The van der Waals surface area contributed by atoms with Crippen LogP contribution in [0.25, 0.3) is 10.9 Å². The number of amides is 1. The predicted molar refractivity (Wildman–Crippen MR) is 102 cm³/mol. The molecule has 0 bridgehead atoms. The van der Waals surface area contributed by atoms with Gasteiger partial charge in [0.2, 0.25) is 5.91 Å². The third-order valence-corrected chi connectivity index (χ3v) is 4.79. The highest BCUT2D eigenvalue weighted by atomic mass is 19.1. The van der Waals surface area contributed by atoms with Gasteiger partial charge in [-0.15, -0.1) is 0 Å². The van der Waals surface area contributed by atoms with Crippen molar-refractivity contribution in [1.82, 2.24) is 9.88 Å². The Bertz CT molecular complexity index is 965. The van der Waals surface area contributed by atoms with Crippen molar-refractivity contribution in [2.45, 2.75) is 25.9 Å². The van der Waals surface area contributed by atoms with E-state index in [-0.39, 0.29) is 17.6 Å². The molecular formula is C21H22FN3O2. The number of halogens is 1. The van der Waals surface area contributed by atoms with Gasteiger partial charge in [-0.25, -0.2) is 9.37 Å². The molecule has 5 nitrogen and oxygen atoms in total. The average Bonchev–Trinajstić information content (AvgIpc) is 3.37. The summed E-state index contributed by atoms with van der Waals surface area (Å²) in [6.07, 6.45) is 3.51. The third kappa shape index (κ3) is 3.79. The molecule has 1 saturated carbocycles. The number of carbonyl (C=O) groups excluding carboxylic acids is 1. The molecule has 0 spiro atoms. The van der Waals surface area contributed by atoms with Gasteiger partial charge in [-0.05, 0) is 43.2 Å². The first-order valence-corrected chi connectivity index (χ1v) is 9.09. The van der Waals surface area contributed by atoms with Gasteiger partial charge in [-0.1, -0.05) is 0 Å². The van der Waals surface area contributed by atoms with Gasteiger partial charge in [0.1, 0.15) is 17.4 Å². The molecule has 4 rings (SSSR count). The van der Waals surface area contributed by atoms with Crippen LogP contribution in [0.3, 0.4) is 0 Å². The van der Waals surface area contributed by atoms with Gasteiger partial charge in [-0.2, -0.15) is 0 Å². The van der Waals surface area contributed by atoms with E-state index in [1.807, 2.05) is 42.1 Å². The summed E-state index contributed by atoms with van der Waals surface area (Å²) in [4.78, 5) is 21.2. The molecule has 0 unspecified atom stereocenters. The highest BCUT2D eigenvalue weighted by Crippen LogP contribution is 2.33. The van der Waals surface area contributed by atoms with Crippen LogP contribution in [0.2, 0.25) is 0 Å². The molecule has 1 aromatic carbocycles. The number of hydrogen-bond donors (Lipinski definition) is 0. The van der Waals surface area contributed by atoms with Crippen LogP contribution in [-0.4, -0.2) is 29.9 Å².